The highest BCUT2D eigenvalue weighted by atomic mass is 14.4. The van der Waals surface area contributed by atoms with Crippen molar-refractivity contribution >= 4 is 43.1 Å². The highest BCUT2D eigenvalue weighted by Gasteiger charge is 2.38. The molecule has 0 heteroatoms. The van der Waals surface area contributed by atoms with Crippen molar-refractivity contribution < 1.29 is 0 Å². The van der Waals surface area contributed by atoms with Crippen molar-refractivity contribution in [2.45, 2.75) is 64.7 Å². The average Bonchev–Trinajstić information content (AvgIpc) is 1.77. The molecular formula is C84H62. The lowest BCUT2D eigenvalue weighted by Crippen LogP contribution is -2.15. The van der Waals surface area contributed by atoms with Gasteiger partial charge in [0.1, 0.15) is 0 Å². The Morgan fingerprint density at radius 2 is 0.548 bits per heavy atom. The largest absolute Gasteiger partial charge is 0.0616 e. The summed E-state index contributed by atoms with van der Waals surface area (Å²) in [4.78, 5) is 0. The summed E-state index contributed by atoms with van der Waals surface area (Å²) in [7, 11) is 0. The summed E-state index contributed by atoms with van der Waals surface area (Å²) in [6, 6.07) is 95.1. The number of fused-ring (bicyclic) bond motifs is 9. The predicted molar refractivity (Wildman–Crippen MR) is 359 cm³/mol. The molecule has 0 bridgehead atoms. The minimum Gasteiger partial charge on any atom is -0.0616 e. The second-order valence-electron chi connectivity index (χ2n) is 26.4. The first-order chi connectivity index (χ1) is 40.7. The van der Waals surface area contributed by atoms with Crippen LogP contribution in [0.25, 0.3) is 154 Å². The molecule has 0 spiro atoms. The van der Waals surface area contributed by atoms with E-state index in [2.05, 4.69) is 297 Å². The summed E-state index contributed by atoms with van der Waals surface area (Å²) >= 11 is 0. The molecule has 0 amide bonds. The molecule has 3 aliphatic carbocycles. The first kappa shape index (κ1) is 49.0. The van der Waals surface area contributed by atoms with Crippen LogP contribution in [0.4, 0.5) is 0 Å². The molecule has 0 aromatic heterocycles. The molecule has 3 aliphatic rings. The van der Waals surface area contributed by atoms with E-state index in [0.717, 1.165) is 0 Å². The fraction of sp³-hybridized carbons (Fsp3) is 0.119. The van der Waals surface area contributed by atoms with E-state index in [4.69, 9.17) is 0 Å². The van der Waals surface area contributed by atoms with Gasteiger partial charge in [-0.05, 0) is 212 Å². The van der Waals surface area contributed by atoms with E-state index in [1.807, 2.05) is 0 Å². The van der Waals surface area contributed by atoms with Gasteiger partial charge >= 0.3 is 0 Å². The zero-order chi connectivity index (χ0) is 56.5. The first-order valence-electron chi connectivity index (χ1n) is 30.0. The van der Waals surface area contributed by atoms with Crippen LogP contribution in [0.5, 0.6) is 0 Å². The molecule has 0 saturated carbocycles. The van der Waals surface area contributed by atoms with E-state index >= 15 is 0 Å². The summed E-state index contributed by atoms with van der Waals surface area (Å²) in [5.74, 6) is 0. The third-order valence-corrected chi connectivity index (χ3v) is 20.0. The van der Waals surface area contributed by atoms with E-state index in [1.165, 1.54) is 182 Å². The third-order valence-electron chi connectivity index (χ3n) is 20.0. The van der Waals surface area contributed by atoms with E-state index in [-0.39, 0.29) is 16.2 Å². The van der Waals surface area contributed by atoms with Gasteiger partial charge in [0.15, 0.2) is 0 Å². The van der Waals surface area contributed by atoms with Gasteiger partial charge in [0, 0.05) is 10.8 Å². The molecule has 0 aliphatic heterocycles. The Morgan fingerprint density at radius 3 is 1.01 bits per heavy atom. The maximum Gasteiger partial charge on any atom is 0.0159 e. The predicted octanol–water partition coefficient (Wildman–Crippen LogP) is 23.3. The molecule has 0 heterocycles. The van der Waals surface area contributed by atoms with Crippen molar-refractivity contribution in [1.82, 2.24) is 0 Å². The Bertz CT molecular complexity index is 5060. The lowest BCUT2D eigenvalue weighted by Gasteiger charge is -2.24. The molecule has 14 aromatic rings. The zero-order valence-electron chi connectivity index (χ0n) is 48.7. The Hall–Kier alpha value is -9.62. The van der Waals surface area contributed by atoms with Gasteiger partial charge in [-0.1, -0.05) is 273 Å². The maximum absolute atomic E-state index is 2.48. The van der Waals surface area contributed by atoms with Crippen molar-refractivity contribution in [3.05, 3.63) is 277 Å². The van der Waals surface area contributed by atoms with E-state index in [0.29, 0.717) is 0 Å². The minimum absolute atomic E-state index is 0.0911. The molecule has 0 radical (unpaired) electrons. The Balaban J connectivity index is 0.614. The summed E-state index contributed by atoms with van der Waals surface area (Å²) in [5, 5.41) is 10.7. The van der Waals surface area contributed by atoms with Crippen LogP contribution in [0.1, 0.15) is 76.3 Å². The van der Waals surface area contributed by atoms with Crippen LogP contribution in [-0.2, 0) is 16.2 Å². The fourth-order valence-corrected chi connectivity index (χ4v) is 15.3. The monoisotopic (exact) mass is 1070 g/mol. The quantitative estimate of drug-likeness (QED) is 0.146. The fourth-order valence-electron chi connectivity index (χ4n) is 15.3. The lowest BCUT2D eigenvalue weighted by molar-refractivity contribution is 0.591. The number of rotatable bonds is 6. The average molecular weight is 1070 g/mol. The standard InChI is InChI=1S/C84H62/c1-82(2,3)62-43-60-28-27-55-29-35-63(73-40-34-61(44-62)79(60)80(55)73)53-25-21-52(22-26-53)57-31-37-68-70-39-33-59(48-78(70)84(6,7)76(68)46-57)58-32-38-69-67-36-30-56(45-75(67)83(4,5)77(69)47-58)51-17-15-49(16-18-51)50-19-23-54(24-20-50)64-41-42-74-66-12-9-8-11-65(66)72-14-10-13-71(64)81(72)74/h8-48H,1-7H3. The molecular weight excluding hydrogens is 1010 g/mol. The summed E-state index contributed by atoms with van der Waals surface area (Å²) in [6.45, 7) is 16.5. The van der Waals surface area contributed by atoms with Crippen molar-refractivity contribution in [3.63, 3.8) is 0 Å². The second-order valence-corrected chi connectivity index (χ2v) is 26.4. The van der Waals surface area contributed by atoms with Crippen molar-refractivity contribution in [1.29, 1.82) is 0 Å². The molecule has 0 nitrogen and oxygen atoms in total. The number of hydrogen-bond donors (Lipinski definition) is 0. The molecule has 398 valence electrons. The minimum atomic E-state index is -0.162. The second kappa shape index (κ2) is 17.5. The van der Waals surface area contributed by atoms with Gasteiger partial charge in [0.25, 0.3) is 0 Å². The molecule has 0 N–H and O–H groups in total. The van der Waals surface area contributed by atoms with Crippen molar-refractivity contribution in [2.24, 2.45) is 0 Å². The van der Waals surface area contributed by atoms with E-state index < -0.39 is 0 Å². The van der Waals surface area contributed by atoms with E-state index in [9.17, 15) is 0 Å². The van der Waals surface area contributed by atoms with Gasteiger partial charge < -0.3 is 0 Å². The van der Waals surface area contributed by atoms with Crippen molar-refractivity contribution in [2.75, 3.05) is 0 Å². The SMILES string of the molecule is CC(C)(C)c1cc2ccc3ccc(-c4ccc(-c5ccc6c(c5)C(C)(C)c5cc(-c7ccc8c(c7)C(C)(C)c7cc(-c9ccc(-c%10ccc(-c%11ccc%12c%13c(cccc%11%13)-c%11ccccc%11-%12)cc%10)cc9)ccc7-8)ccc5-6)cc4)c4ccc(c1)c2c34. The first-order valence-corrected chi connectivity index (χ1v) is 30.0. The molecule has 14 aromatic carbocycles. The Morgan fingerprint density at radius 1 is 0.226 bits per heavy atom. The highest BCUT2D eigenvalue weighted by Crippen LogP contribution is 2.55. The normalized spacial score (nSPS) is 14.1. The molecule has 0 unspecified atom stereocenters. The summed E-state index contributed by atoms with van der Waals surface area (Å²) in [5.41, 5.74) is 32.4. The maximum atomic E-state index is 2.48. The number of hydrogen-bond acceptors (Lipinski definition) is 0. The van der Waals surface area contributed by atoms with Gasteiger partial charge in [0.05, 0.1) is 0 Å². The van der Waals surface area contributed by atoms with Crippen LogP contribution < -0.4 is 0 Å². The third kappa shape index (κ3) is 7.13. The molecule has 0 fully saturated rings. The topological polar surface area (TPSA) is 0 Å². The van der Waals surface area contributed by atoms with Gasteiger partial charge in [-0.3, -0.25) is 0 Å². The van der Waals surface area contributed by atoms with Gasteiger partial charge in [-0.2, -0.15) is 0 Å². The van der Waals surface area contributed by atoms with Crippen LogP contribution in [-0.4, -0.2) is 0 Å². The highest BCUT2D eigenvalue weighted by molar-refractivity contribution is 6.26. The molecule has 0 atom stereocenters. The lowest BCUT2D eigenvalue weighted by atomic mass is 9.79. The Kier molecular flexibility index (Phi) is 10.2. The molecule has 84 heavy (non-hydrogen) atoms. The van der Waals surface area contributed by atoms with Crippen LogP contribution >= 0.6 is 0 Å². The van der Waals surface area contributed by atoms with Gasteiger partial charge in [-0.15, -0.1) is 0 Å². The van der Waals surface area contributed by atoms with Crippen molar-refractivity contribution in [3.8, 4) is 111 Å². The van der Waals surface area contributed by atoms with Crippen LogP contribution in [0.2, 0.25) is 0 Å². The number of benzene rings is 14. The molecule has 0 saturated heterocycles. The zero-order valence-corrected chi connectivity index (χ0v) is 48.7. The summed E-state index contributed by atoms with van der Waals surface area (Å²) in [6.07, 6.45) is 0. The van der Waals surface area contributed by atoms with Crippen LogP contribution in [0.3, 0.4) is 0 Å². The van der Waals surface area contributed by atoms with Gasteiger partial charge in [0.2, 0.25) is 0 Å². The summed E-state index contributed by atoms with van der Waals surface area (Å²) < 4.78 is 0. The van der Waals surface area contributed by atoms with Gasteiger partial charge in [-0.25, -0.2) is 0 Å². The smallest absolute Gasteiger partial charge is 0.0159 e. The van der Waals surface area contributed by atoms with Crippen LogP contribution in [0, 0.1) is 0 Å². The Labute approximate surface area is 492 Å². The molecule has 17 rings (SSSR count). The van der Waals surface area contributed by atoms with Crippen LogP contribution in [0.15, 0.2) is 249 Å². The van der Waals surface area contributed by atoms with E-state index in [1.54, 1.807) is 0 Å².